The Morgan fingerprint density at radius 1 is 1.17 bits per heavy atom. The largest absolute Gasteiger partial charge is 0.491 e. The van der Waals surface area contributed by atoms with Crippen molar-refractivity contribution >= 4 is 33.6 Å². The van der Waals surface area contributed by atoms with Crippen LogP contribution in [0.15, 0.2) is 75.1 Å². The highest BCUT2D eigenvalue weighted by atomic mass is 79.9. The van der Waals surface area contributed by atoms with Gasteiger partial charge in [-0.3, -0.25) is 4.79 Å². The van der Waals surface area contributed by atoms with E-state index in [2.05, 4.69) is 21.2 Å². The molecule has 0 bridgehead atoms. The molecule has 1 aromatic heterocycles. The summed E-state index contributed by atoms with van der Waals surface area (Å²) in [5, 5.41) is 12.1. The van der Waals surface area contributed by atoms with Crippen LogP contribution in [0.4, 0.5) is 5.69 Å². The molecule has 0 saturated heterocycles. The summed E-state index contributed by atoms with van der Waals surface area (Å²) in [4.78, 5) is 12.5. The van der Waals surface area contributed by atoms with Gasteiger partial charge in [0.25, 0.3) is 5.91 Å². The van der Waals surface area contributed by atoms with E-state index in [1.807, 2.05) is 50.2 Å². The summed E-state index contributed by atoms with van der Waals surface area (Å²) in [6, 6.07) is 20.1. The number of furan rings is 1. The van der Waals surface area contributed by atoms with E-state index in [1.54, 1.807) is 30.3 Å². The van der Waals surface area contributed by atoms with Crippen molar-refractivity contribution in [3.63, 3.8) is 0 Å². The second-order valence-corrected chi connectivity index (χ2v) is 7.44. The van der Waals surface area contributed by atoms with E-state index in [-0.39, 0.29) is 11.7 Å². The van der Waals surface area contributed by atoms with Gasteiger partial charge in [-0.25, -0.2) is 0 Å². The van der Waals surface area contributed by atoms with E-state index in [4.69, 9.17) is 9.15 Å². The molecule has 3 rings (SSSR count). The minimum Gasteiger partial charge on any atom is -0.491 e. The summed E-state index contributed by atoms with van der Waals surface area (Å²) in [7, 11) is 0. The van der Waals surface area contributed by atoms with E-state index in [0.29, 0.717) is 23.0 Å². The fraction of sp³-hybridized carbons (Fsp3) is 0.130. The summed E-state index contributed by atoms with van der Waals surface area (Å²) < 4.78 is 12.4. The fourth-order valence-corrected chi connectivity index (χ4v) is 2.87. The van der Waals surface area contributed by atoms with Gasteiger partial charge in [0.2, 0.25) is 0 Å². The van der Waals surface area contributed by atoms with Crippen LogP contribution >= 0.6 is 15.9 Å². The van der Waals surface area contributed by atoms with E-state index in [1.165, 1.54) is 6.08 Å². The maximum atomic E-state index is 12.5. The number of hydrogen-bond donors (Lipinski definition) is 1. The molecule has 0 radical (unpaired) electrons. The quantitative estimate of drug-likeness (QED) is 0.366. The first-order valence-electron chi connectivity index (χ1n) is 9.00. The van der Waals surface area contributed by atoms with E-state index < -0.39 is 5.91 Å². The third-order valence-corrected chi connectivity index (χ3v) is 4.40. The average molecular weight is 451 g/mol. The molecule has 0 aliphatic heterocycles. The molecule has 146 valence electrons. The molecular formula is C23H19BrN2O3. The second-order valence-electron chi connectivity index (χ2n) is 6.53. The maximum Gasteiger partial charge on any atom is 0.266 e. The predicted molar refractivity (Wildman–Crippen MR) is 116 cm³/mol. The molecule has 3 aromatic rings. The Morgan fingerprint density at radius 3 is 2.62 bits per heavy atom. The minimum atomic E-state index is -0.518. The van der Waals surface area contributed by atoms with Crippen molar-refractivity contribution in [1.82, 2.24) is 0 Å². The van der Waals surface area contributed by atoms with Crippen LogP contribution in [0, 0.1) is 11.3 Å². The molecule has 0 fully saturated rings. The van der Waals surface area contributed by atoms with Crippen LogP contribution < -0.4 is 10.1 Å². The predicted octanol–water partition coefficient (Wildman–Crippen LogP) is 6.04. The SMILES string of the molecule is CC(C)Oc1cccc(NC(=O)/C(C#N)=C/c2ccc(-c3ccc(Br)cc3)o2)c1. The van der Waals surface area contributed by atoms with Gasteiger partial charge < -0.3 is 14.5 Å². The first-order valence-corrected chi connectivity index (χ1v) is 9.79. The van der Waals surface area contributed by atoms with Crippen LogP contribution in [0.25, 0.3) is 17.4 Å². The highest BCUT2D eigenvalue weighted by molar-refractivity contribution is 9.10. The number of amides is 1. The monoisotopic (exact) mass is 450 g/mol. The van der Waals surface area contributed by atoms with Crippen LogP contribution in [-0.4, -0.2) is 12.0 Å². The summed E-state index contributed by atoms with van der Waals surface area (Å²) >= 11 is 3.40. The van der Waals surface area contributed by atoms with Crippen molar-refractivity contribution < 1.29 is 13.9 Å². The standard InChI is InChI=1S/C23H19BrN2O3/c1-15(2)28-20-5-3-4-19(13-20)26-23(27)17(14-25)12-21-10-11-22(29-21)16-6-8-18(24)9-7-16/h3-13,15H,1-2H3,(H,26,27)/b17-12+. The van der Waals surface area contributed by atoms with Crippen molar-refractivity contribution in [1.29, 1.82) is 5.26 Å². The third kappa shape index (κ3) is 5.59. The van der Waals surface area contributed by atoms with E-state index >= 15 is 0 Å². The molecule has 0 atom stereocenters. The Labute approximate surface area is 177 Å². The molecule has 0 unspecified atom stereocenters. The van der Waals surface area contributed by atoms with Gasteiger partial charge in [-0.05, 0) is 50.2 Å². The molecule has 0 aliphatic carbocycles. The zero-order chi connectivity index (χ0) is 20.8. The van der Waals surface area contributed by atoms with E-state index in [9.17, 15) is 10.1 Å². The van der Waals surface area contributed by atoms with Gasteiger partial charge >= 0.3 is 0 Å². The first kappa shape index (κ1) is 20.4. The van der Waals surface area contributed by atoms with E-state index in [0.717, 1.165) is 10.0 Å². The number of halogens is 1. The summed E-state index contributed by atoms with van der Waals surface area (Å²) in [5.74, 6) is 1.20. The van der Waals surface area contributed by atoms with Crippen LogP contribution in [0.2, 0.25) is 0 Å². The number of anilines is 1. The molecule has 1 amide bonds. The molecule has 5 nitrogen and oxygen atoms in total. The number of nitrogens with one attached hydrogen (secondary N) is 1. The molecule has 0 saturated carbocycles. The highest BCUT2D eigenvalue weighted by Gasteiger charge is 2.12. The first-order chi connectivity index (χ1) is 13.9. The van der Waals surface area contributed by atoms with Crippen molar-refractivity contribution in [2.24, 2.45) is 0 Å². The van der Waals surface area contributed by atoms with Crippen molar-refractivity contribution in [2.75, 3.05) is 5.32 Å². The van der Waals surface area contributed by atoms with Crippen molar-refractivity contribution in [2.45, 2.75) is 20.0 Å². The van der Waals surface area contributed by atoms with Gasteiger partial charge in [0.1, 0.15) is 28.9 Å². The molecule has 0 aliphatic rings. The molecule has 0 spiro atoms. The number of carbonyl (C=O) groups is 1. The Morgan fingerprint density at radius 2 is 1.93 bits per heavy atom. The highest BCUT2D eigenvalue weighted by Crippen LogP contribution is 2.25. The second kappa shape index (κ2) is 9.26. The van der Waals surface area contributed by atoms with Crippen LogP contribution in [0.1, 0.15) is 19.6 Å². The van der Waals surface area contributed by atoms with Crippen LogP contribution in [0.5, 0.6) is 5.75 Å². The topological polar surface area (TPSA) is 75.3 Å². The summed E-state index contributed by atoms with van der Waals surface area (Å²) in [6.07, 6.45) is 1.45. The van der Waals surface area contributed by atoms with Gasteiger partial charge in [0.05, 0.1) is 6.10 Å². The Balaban J connectivity index is 1.75. The maximum absolute atomic E-state index is 12.5. The number of rotatable bonds is 6. The molecule has 1 N–H and O–H groups in total. The lowest BCUT2D eigenvalue weighted by Crippen LogP contribution is -2.13. The van der Waals surface area contributed by atoms with Crippen LogP contribution in [0.3, 0.4) is 0 Å². The zero-order valence-electron chi connectivity index (χ0n) is 16.0. The number of nitrogens with zero attached hydrogens (tertiary/aromatic N) is 1. The number of benzene rings is 2. The lowest BCUT2D eigenvalue weighted by atomic mass is 10.2. The normalized spacial score (nSPS) is 11.2. The zero-order valence-corrected chi connectivity index (χ0v) is 17.6. The van der Waals surface area contributed by atoms with Gasteiger partial charge in [-0.15, -0.1) is 0 Å². The number of nitriles is 1. The number of hydrogen-bond acceptors (Lipinski definition) is 4. The van der Waals surface area contributed by atoms with Gasteiger partial charge in [0.15, 0.2) is 0 Å². The lowest BCUT2D eigenvalue weighted by Gasteiger charge is -2.11. The fourth-order valence-electron chi connectivity index (χ4n) is 2.61. The molecule has 6 heteroatoms. The average Bonchev–Trinajstić information content (AvgIpc) is 3.15. The van der Waals surface area contributed by atoms with Gasteiger partial charge in [0, 0.05) is 27.9 Å². The molecular weight excluding hydrogens is 432 g/mol. The third-order valence-electron chi connectivity index (χ3n) is 3.87. The minimum absolute atomic E-state index is 0.0226. The smallest absolute Gasteiger partial charge is 0.266 e. The molecule has 1 heterocycles. The summed E-state index contributed by atoms with van der Waals surface area (Å²) in [6.45, 7) is 3.85. The Bertz CT molecular complexity index is 1080. The van der Waals surface area contributed by atoms with Gasteiger partial charge in [-0.1, -0.05) is 34.1 Å². The van der Waals surface area contributed by atoms with Crippen molar-refractivity contribution in [3.05, 3.63) is 76.5 Å². The number of carbonyl (C=O) groups excluding carboxylic acids is 1. The Kier molecular flexibility index (Phi) is 6.53. The Hall–Kier alpha value is -3.30. The number of ether oxygens (including phenoxy) is 1. The molecule has 2 aromatic carbocycles. The lowest BCUT2D eigenvalue weighted by molar-refractivity contribution is -0.112. The van der Waals surface area contributed by atoms with Gasteiger partial charge in [-0.2, -0.15) is 5.26 Å². The van der Waals surface area contributed by atoms with Crippen molar-refractivity contribution in [3.8, 4) is 23.1 Å². The summed E-state index contributed by atoms with van der Waals surface area (Å²) in [5.41, 5.74) is 1.39. The van der Waals surface area contributed by atoms with Crippen LogP contribution in [-0.2, 0) is 4.79 Å². The molecule has 29 heavy (non-hydrogen) atoms.